The second kappa shape index (κ2) is 7.83. The number of ether oxygens (including phenoxy) is 1. The number of hydrazine groups is 1. The SMILES string of the molecule is CCOc1ccc(C(=O)NNC(=O)c2ccc(C(C)(C)C)cc2)cc1. The largest absolute Gasteiger partial charge is 0.494 e. The Morgan fingerprint density at radius 1 is 0.840 bits per heavy atom. The Labute approximate surface area is 148 Å². The van der Waals surface area contributed by atoms with Crippen molar-refractivity contribution >= 4 is 11.8 Å². The molecule has 2 rings (SSSR count). The molecule has 0 unspecified atom stereocenters. The van der Waals surface area contributed by atoms with E-state index in [0.29, 0.717) is 23.5 Å². The van der Waals surface area contributed by atoms with E-state index in [1.807, 2.05) is 19.1 Å². The molecule has 0 aliphatic heterocycles. The first-order valence-corrected chi connectivity index (χ1v) is 8.25. The molecule has 25 heavy (non-hydrogen) atoms. The summed E-state index contributed by atoms with van der Waals surface area (Å²) in [6, 6.07) is 14.1. The van der Waals surface area contributed by atoms with Crippen LogP contribution in [0.15, 0.2) is 48.5 Å². The van der Waals surface area contributed by atoms with Crippen molar-refractivity contribution in [3.05, 3.63) is 65.2 Å². The summed E-state index contributed by atoms with van der Waals surface area (Å²) in [6.45, 7) is 8.79. The Kier molecular flexibility index (Phi) is 5.80. The summed E-state index contributed by atoms with van der Waals surface area (Å²) in [5.74, 6) is -0.0514. The minimum atomic E-state index is -0.386. The molecule has 0 bridgehead atoms. The minimum Gasteiger partial charge on any atom is -0.494 e. The molecule has 2 amide bonds. The van der Waals surface area contributed by atoms with Crippen LogP contribution in [-0.4, -0.2) is 18.4 Å². The van der Waals surface area contributed by atoms with Crippen molar-refractivity contribution in [3.8, 4) is 5.75 Å². The maximum atomic E-state index is 12.1. The molecule has 2 N–H and O–H groups in total. The summed E-state index contributed by atoms with van der Waals surface area (Å²) >= 11 is 0. The second-order valence-electron chi connectivity index (χ2n) is 6.69. The predicted molar refractivity (Wildman–Crippen MR) is 97.7 cm³/mol. The van der Waals surface area contributed by atoms with Gasteiger partial charge in [-0.25, -0.2) is 0 Å². The fourth-order valence-electron chi connectivity index (χ4n) is 2.25. The van der Waals surface area contributed by atoms with Gasteiger partial charge < -0.3 is 4.74 Å². The summed E-state index contributed by atoms with van der Waals surface area (Å²) < 4.78 is 5.33. The smallest absolute Gasteiger partial charge is 0.269 e. The Hall–Kier alpha value is -2.82. The summed E-state index contributed by atoms with van der Waals surface area (Å²) in [6.07, 6.45) is 0. The molecule has 0 aliphatic carbocycles. The van der Waals surface area contributed by atoms with Gasteiger partial charge in [-0.1, -0.05) is 32.9 Å². The summed E-state index contributed by atoms with van der Waals surface area (Å²) in [5, 5.41) is 0. The molecule has 5 nitrogen and oxygen atoms in total. The zero-order valence-electron chi connectivity index (χ0n) is 15.1. The van der Waals surface area contributed by atoms with Gasteiger partial charge in [0, 0.05) is 11.1 Å². The number of hydrogen-bond donors (Lipinski definition) is 2. The van der Waals surface area contributed by atoms with Gasteiger partial charge in [-0.2, -0.15) is 0 Å². The Bertz CT molecular complexity index is 729. The maximum Gasteiger partial charge on any atom is 0.269 e. The van der Waals surface area contributed by atoms with Crippen molar-refractivity contribution in [1.82, 2.24) is 10.9 Å². The van der Waals surface area contributed by atoms with E-state index in [1.54, 1.807) is 36.4 Å². The highest BCUT2D eigenvalue weighted by molar-refractivity contribution is 5.99. The molecular weight excluding hydrogens is 316 g/mol. The van der Waals surface area contributed by atoms with Gasteiger partial charge in [0.05, 0.1) is 6.61 Å². The van der Waals surface area contributed by atoms with Crippen LogP contribution in [0.2, 0.25) is 0 Å². The normalized spacial score (nSPS) is 10.9. The van der Waals surface area contributed by atoms with E-state index in [0.717, 1.165) is 5.56 Å². The highest BCUT2D eigenvalue weighted by Gasteiger charge is 2.14. The first-order chi connectivity index (χ1) is 11.8. The van der Waals surface area contributed by atoms with Crippen molar-refractivity contribution in [1.29, 1.82) is 0 Å². The number of carbonyl (C=O) groups excluding carboxylic acids is 2. The van der Waals surface area contributed by atoms with E-state index in [1.165, 1.54) is 0 Å². The molecule has 0 atom stereocenters. The van der Waals surface area contributed by atoms with Crippen molar-refractivity contribution in [3.63, 3.8) is 0 Å². The second-order valence-corrected chi connectivity index (χ2v) is 6.69. The Morgan fingerprint density at radius 2 is 1.28 bits per heavy atom. The van der Waals surface area contributed by atoms with Crippen molar-refractivity contribution < 1.29 is 14.3 Å². The van der Waals surface area contributed by atoms with Gasteiger partial charge in [-0.15, -0.1) is 0 Å². The van der Waals surface area contributed by atoms with Crippen LogP contribution in [0, 0.1) is 0 Å². The fraction of sp³-hybridized carbons (Fsp3) is 0.300. The first kappa shape index (κ1) is 18.5. The summed E-state index contributed by atoms with van der Waals surface area (Å²) in [7, 11) is 0. The van der Waals surface area contributed by atoms with Crippen LogP contribution in [0.1, 0.15) is 54.0 Å². The molecule has 5 heteroatoms. The molecule has 0 aliphatic rings. The van der Waals surface area contributed by atoms with Crippen LogP contribution >= 0.6 is 0 Å². The van der Waals surface area contributed by atoms with Crippen LogP contribution in [0.4, 0.5) is 0 Å². The molecule has 0 aromatic heterocycles. The average Bonchev–Trinajstić information content (AvgIpc) is 2.59. The van der Waals surface area contributed by atoms with Crippen molar-refractivity contribution in [2.45, 2.75) is 33.1 Å². The summed E-state index contributed by atoms with van der Waals surface area (Å²) in [5.41, 5.74) is 6.93. The van der Waals surface area contributed by atoms with E-state index < -0.39 is 0 Å². The highest BCUT2D eigenvalue weighted by atomic mass is 16.5. The van der Waals surface area contributed by atoms with Crippen LogP contribution in [0.5, 0.6) is 5.75 Å². The number of rotatable bonds is 4. The van der Waals surface area contributed by atoms with Gasteiger partial charge in [-0.3, -0.25) is 20.4 Å². The van der Waals surface area contributed by atoms with E-state index in [9.17, 15) is 9.59 Å². The fourth-order valence-corrected chi connectivity index (χ4v) is 2.25. The topological polar surface area (TPSA) is 67.4 Å². The Morgan fingerprint density at radius 3 is 1.68 bits per heavy atom. The third-order valence-electron chi connectivity index (χ3n) is 3.73. The van der Waals surface area contributed by atoms with Crippen LogP contribution in [0.25, 0.3) is 0 Å². The molecule has 2 aromatic carbocycles. The van der Waals surface area contributed by atoms with Crippen molar-refractivity contribution in [2.75, 3.05) is 6.61 Å². The maximum absolute atomic E-state index is 12.1. The minimum absolute atomic E-state index is 0.0247. The number of benzene rings is 2. The van der Waals surface area contributed by atoms with Crippen LogP contribution in [0.3, 0.4) is 0 Å². The molecule has 0 saturated carbocycles. The zero-order valence-corrected chi connectivity index (χ0v) is 15.1. The lowest BCUT2D eigenvalue weighted by Gasteiger charge is -2.19. The van der Waals surface area contributed by atoms with E-state index in [4.69, 9.17) is 4.74 Å². The monoisotopic (exact) mass is 340 g/mol. The van der Waals surface area contributed by atoms with Gasteiger partial charge in [0.2, 0.25) is 0 Å². The Balaban J connectivity index is 1.93. The molecule has 2 aromatic rings. The van der Waals surface area contributed by atoms with Gasteiger partial charge in [-0.05, 0) is 54.3 Å². The number of nitrogens with one attached hydrogen (secondary N) is 2. The van der Waals surface area contributed by atoms with Gasteiger partial charge in [0.25, 0.3) is 11.8 Å². The number of carbonyl (C=O) groups is 2. The van der Waals surface area contributed by atoms with Gasteiger partial charge >= 0.3 is 0 Å². The lowest BCUT2D eigenvalue weighted by molar-refractivity contribution is 0.0846. The third kappa shape index (κ3) is 5.08. The summed E-state index contributed by atoms with van der Waals surface area (Å²) in [4.78, 5) is 24.2. The van der Waals surface area contributed by atoms with Gasteiger partial charge in [0.15, 0.2) is 0 Å². The molecule has 0 spiro atoms. The standard InChI is InChI=1S/C20H24N2O3/c1-5-25-17-12-8-15(9-13-17)19(24)22-21-18(23)14-6-10-16(11-7-14)20(2,3)4/h6-13H,5H2,1-4H3,(H,21,23)(H,22,24). The molecule has 0 saturated heterocycles. The molecule has 0 radical (unpaired) electrons. The van der Waals surface area contributed by atoms with Crippen molar-refractivity contribution in [2.24, 2.45) is 0 Å². The van der Waals surface area contributed by atoms with E-state index in [2.05, 4.69) is 31.6 Å². The first-order valence-electron chi connectivity index (χ1n) is 8.25. The number of amides is 2. The van der Waals surface area contributed by atoms with E-state index >= 15 is 0 Å². The lowest BCUT2D eigenvalue weighted by atomic mass is 9.87. The molecular formula is C20H24N2O3. The van der Waals surface area contributed by atoms with Gasteiger partial charge in [0.1, 0.15) is 5.75 Å². The average molecular weight is 340 g/mol. The quantitative estimate of drug-likeness (QED) is 0.838. The molecule has 132 valence electrons. The van der Waals surface area contributed by atoms with Crippen LogP contribution < -0.4 is 15.6 Å². The number of hydrogen-bond acceptors (Lipinski definition) is 3. The highest BCUT2D eigenvalue weighted by Crippen LogP contribution is 2.22. The molecule has 0 fully saturated rings. The van der Waals surface area contributed by atoms with Crippen LogP contribution in [-0.2, 0) is 5.41 Å². The van der Waals surface area contributed by atoms with E-state index in [-0.39, 0.29) is 17.2 Å². The molecule has 0 heterocycles. The third-order valence-corrected chi connectivity index (χ3v) is 3.73. The predicted octanol–water partition coefficient (Wildman–Crippen LogP) is 3.46. The lowest BCUT2D eigenvalue weighted by Crippen LogP contribution is -2.41. The zero-order chi connectivity index (χ0) is 18.4.